The quantitative estimate of drug-likeness (QED) is 0.942. The van der Waals surface area contributed by atoms with Crippen LogP contribution in [0.1, 0.15) is 22.0 Å². The summed E-state index contributed by atoms with van der Waals surface area (Å²) in [7, 11) is 1.67. The fourth-order valence-electron chi connectivity index (χ4n) is 3.91. The highest BCUT2D eigenvalue weighted by Gasteiger charge is 2.46. The van der Waals surface area contributed by atoms with Crippen molar-refractivity contribution in [3.8, 4) is 5.75 Å². The molecule has 23 heavy (non-hydrogen) atoms. The number of benzene rings is 1. The number of hydrogen-bond donors (Lipinski definition) is 1. The summed E-state index contributed by atoms with van der Waals surface area (Å²) < 4.78 is 5.26. The standard InChI is InChI=1S/C18H20N2O2S/c1-22-15-4-2-12(3-5-15)17-16-9-19-8-14(16)10-20(17)18(21)13-6-7-23-11-13/h2-7,11,14,16-17,19H,8-10H2,1H3/t14-,16-,17+/m0/s1. The molecule has 2 aliphatic heterocycles. The number of likely N-dealkylation sites (tertiary alicyclic amines) is 1. The number of nitrogens with zero attached hydrogens (tertiary/aromatic N) is 1. The third kappa shape index (κ3) is 2.54. The molecule has 3 heterocycles. The van der Waals surface area contributed by atoms with Crippen molar-refractivity contribution in [2.75, 3.05) is 26.7 Å². The maximum Gasteiger partial charge on any atom is 0.255 e. The number of ether oxygens (including phenoxy) is 1. The molecule has 1 amide bonds. The van der Waals surface area contributed by atoms with Crippen molar-refractivity contribution in [3.63, 3.8) is 0 Å². The lowest BCUT2D eigenvalue weighted by Crippen LogP contribution is -2.34. The van der Waals surface area contributed by atoms with E-state index in [9.17, 15) is 4.79 Å². The molecule has 3 atom stereocenters. The van der Waals surface area contributed by atoms with E-state index in [-0.39, 0.29) is 11.9 Å². The Hall–Kier alpha value is -1.85. The van der Waals surface area contributed by atoms with Gasteiger partial charge < -0.3 is 15.0 Å². The van der Waals surface area contributed by atoms with Gasteiger partial charge >= 0.3 is 0 Å². The van der Waals surface area contributed by atoms with Gasteiger partial charge in [0.05, 0.1) is 18.7 Å². The lowest BCUT2D eigenvalue weighted by Gasteiger charge is -2.28. The molecule has 120 valence electrons. The molecule has 0 radical (unpaired) electrons. The first-order valence-corrected chi connectivity index (χ1v) is 8.90. The van der Waals surface area contributed by atoms with Crippen LogP contribution in [0.3, 0.4) is 0 Å². The Morgan fingerprint density at radius 1 is 1.26 bits per heavy atom. The lowest BCUT2D eigenvalue weighted by atomic mass is 9.89. The molecule has 2 fully saturated rings. The van der Waals surface area contributed by atoms with Crippen LogP contribution in [-0.4, -0.2) is 37.6 Å². The monoisotopic (exact) mass is 328 g/mol. The Balaban J connectivity index is 1.68. The van der Waals surface area contributed by atoms with Crippen molar-refractivity contribution < 1.29 is 9.53 Å². The highest BCUT2D eigenvalue weighted by atomic mass is 32.1. The van der Waals surface area contributed by atoms with Crippen molar-refractivity contribution in [3.05, 3.63) is 52.2 Å². The molecule has 0 bridgehead atoms. The van der Waals surface area contributed by atoms with Gasteiger partial charge in [-0.1, -0.05) is 12.1 Å². The smallest absolute Gasteiger partial charge is 0.255 e. The van der Waals surface area contributed by atoms with Gasteiger partial charge in [-0.15, -0.1) is 0 Å². The lowest BCUT2D eigenvalue weighted by molar-refractivity contribution is 0.0714. The Morgan fingerprint density at radius 2 is 2.09 bits per heavy atom. The van der Waals surface area contributed by atoms with Crippen LogP contribution >= 0.6 is 11.3 Å². The van der Waals surface area contributed by atoms with Gasteiger partial charge in [-0.05, 0) is 35.1 Å². The molecule has 0 spiro atoms. The van der Waals surface area contributed by atoms with Crippen LogP contribution in [0.25, 0.3) is 0 Å². The van der Waals surface area contributed by atoms with E-state index in [4.69, 9.17) is 4.74 Å². The number of nitrogens with one attached hydrogen (secondary N) is 1. The fourth-order valence-corrected chi connectivity index (χ4v) is 4.54. The molecule has 0 saturated carbocycles. The fraction of sp³-hybridized carbons (Fsp3) is 0.389. The Labute approximate surface area is 140 Å². The number of thiophene rings is 1. The summed E-state index contributed by atoms with van der Waals surface area (Å²) >= 11 is 1.57. The number of carbonyl (C=O) groups excluding carboxylic acids is 1. The first kappa shape index (κ1) is 14.7. The Morgan fingerprint density at radius 3 is 2.78 bits per heavy atom. The molecule has 2 aliphatic rings. The molecule has 2 saturated heterocycles. The molecule has 5 heteroatoms. The van der Waals surface area contributed by atoms with Crippen molar-refractivity contribution in [2.45, 2.75) is 6.04 Å². The summed E-state index contributed by atoms with van der Waals surface area (Å²) in [5.74, 6) is 2.04. The average molecular weight is 328 g/mol. The second kappa shape index (κ2) is 5.98. The van der Waals surface area contributed by atoms with E-state index in [1.165, 1.54) is 5.56 Å². The van der Waals surface area contributed by atoms with Crippen LogP contribution in [0.5, 0.6) is 5.75 Å². The molecule has 4 rings (SSSR count). The number of rotatable bonds is 3. The average Bonchev–Trinajstić information content (AvgIpc) is 3.30. The third-order valence-electron chi connectivity index (χ3n) is 5.05. The summed E-state index contributed by atoms with van der Waals surface area (Å²) in [4.78, 5) is 15.0. The molecule has 1 N–H and O–H groups in total. The van der Waals surface area contributed by atoms with Crippen LogP contribution in [0, 0.1) is 11.8 Å². The minimum Gasteiger partial charge on any atom is -0.497 e. The van der Waals surface area contributed by atoms with Gasteiger partial charge in [0, 0.05) is 30.9 Å². The molecule has 1 aromatic carbocycles. The van der Waals surface area contributed by atoms with E-state index >= 15 is 0 Å². The minimum absolute atomic E-state index is 0.147. The first-order valence-electron chi connectivity index (χ1n) is 7.96. The second-order valence-electron chi connectivity index (χ2n) is 6.27. The highest BCUT2D eigenvalue weighted by Crippen LogP contribution is 2.43. The summed E-state index contributed by atoms with van der Waals surface area (Å²) in [6.45, 7) is 2.82. The zero-order valence-corrected chi connectivity index (χ0v) is 13.9. The predicted octanol–water partition coefficient (Wildman–Crippen LogP) is 2.79. The number of carbonyl (C=O) groups is 1. The van der Waals surface area contributed by atoms with E-state index in [1.807, 2.05) is 29.0 Å². The van der Waals surface area contributed by atoms with Crippen molar-refractivity contribution in [1.29, 1.82) is 0 Å². The summed E-state index contributed by atoms with van der Waals surface area (Å²) in [6.07, 6.45) is 0. The summed E-state index contributed by atoms with van der Waals surface area (Å²) in [5.41, 5.74) is 2.01. The van der Waals surface area contributed by atoms with Crippen LogP contribution in [-0.2, 0) is 0 Å². The van der Waals surface area contributed by atoms with Crippen LogP contribution < -0.4 is 10.1 Å². The number of fused-ring (bicyclic) bond motifs is 1. The van der Waals surface area contributed by atoms with Crippen molar-refractivity contribution >= 4 is 17.2 Å². The highest BCUT2D eigenvalue weighted by molar-refractivity contribution is 7.08. The van der Waals surface area contributed by atoms with Gasteiger partial charge in [-0.25, -0.2) is 0 Å². The maximum atomic E-state index is 12.9. The molecule has 0 aliphatic carbocycles. The molecule has 2 aromatic rings. The van der Waals surface area contributed by atoms with Gasteiger partial charge in [-0.2, -0.15) is 11.3 Å². The molecule has 1 aromatic heterocycles. The Kier molecular flexibility index (Phi) is 3.83. The van der Waals surface area contributed by atoms with Gasteiger partial charge in [0.15, 0.2) is 0 Å². The molecule has 4 nitrogen and oxygen atoms in total. The second-order valence-corrected chi connectivity index (χ2v) is 7.05. The number of methoxy groups -OCH3 is 1. The molecular weight excluding hydrogens is 308 g/mol. The van der Waals surface area contributed by atoms with Crippen LogP contribution in [0.2, 0.25) is 0 Å². The topological polar surface area (TPSA) is 41.6 Å². The first-order chi connectivity index (χ1) is 11.3. The Bertz CT molecular complexity index is 684. The van der Waals surface area contributed by atoms with E-state index < -0.39 is 0 Å². The zero-order chi connectivity index (χ0) is 15.8. The van der Waals surface area contributed by atoms with E-state index in [2.05, 4.69) is 22.3 Å². The minimum atomic E-state index is 0.147. The van der Waals surface area contributed by atoms with E-state index in [0.29, 0.717) is 11.8 Å². The predicted molar refractivity (Wildman–Crippen MR) is 90.9 cm³/mol. The van der Waals surface area contributed by atoms with E-state index in [1.54, 1.807) is 18.4 Å². The van der Waals surface area contributed by atoms with Gasteiger partial charge in [0.1, 0.15) is 5.75 Å². The summed E-state index contributed by atoms with van der Waals surface area (Å²) in [5, 5.41) is 7.39. The van der Waals surface area contributed by atoms with Gasteiger partial charge in [0.25, 0.3) is 5.91 Å². The molecular formula is C18H20N2O2S. The van der Waals surface area contributed by atoms with Crippen LogP contribution in [0.4, 0.5) is 0 Å². The normalized spacial score (nSPS) is 26.3. The van der Waals surface area contributed by atoms with Gasteiger partial charge in [0.2, 0.25) is 0 Å². The largest absolute Gasteiger partial charge is 0.497 e. The van der Waals surface area contributed by atoms with Crippen molar-refractivity contribution in [1.82, 2.24) is 10.2 Å². The van der Waals surface area contributed by atoms with Crippen molar-refractivity contribution in [2.24, 2.45) is 11.8 Å². The maximum absolute atomic E-state index is 12.9. The number of amides is 1. The molecule has 0 unspecified atom stereocenters. The van der Waals surface area contributed by atoms with E-state index in [0.717, 1.165) is 30.9 Å². The van der Waals surface area contributed by atoms with Gasteiger partial charge in [-0.3, -0.25) is 4.79 Å². The third-order valence-corrected chi connectivity index (χ3v) is 5.73. The SMILES string of the molecule is COc1ccc([C@@H]2[C@H]3CNC[C@H]3CN2C(=O)c2ccsc2)cc1. The zero-order valence-electron chi connectivity index (χ0n) is 13.1. The number of hydrogen-bond acceptors (Lipinski definition) is 4. The summed E-state index contributed by atoms with van der Waals surface area (Å²) in [6, 6.07) is 10.2. The van der Waals surface area contributed by atoms with Crippen LogP contribution in [0.15, 0.2) is 41.1 Å².